The lowest BCUT2D eigenvalue weighted by atomic mass is 9.97. The summed E-state index contributed by atoms with van der Waals surface area (Å²) in [7, 11) is 0. The first-order valence-corrected chi connectivity index (χ1v) is 16.5. The maximum Gasteiger partial charge on any atom is 0.239 e. The first-order valence-electron chi connectivity index (χ1n) is 16.5. The van der Waals surface area contributed by atoms with Crippen LogP contribution in [0.3, 0.4) is 0 Å². The number of phenolic OH excluding ortho intramolecular Hbond substituents is 2. The normalized spacial score (nSPS) is 37.3. The van der Waals surface area contributed by atoms with Crippen molar-refractivity contribution in [3.8, 4) is 34.3 Å². The van der Waals surface area contributed by atoms with E-state index >= 15 is 0 Å². The Labute approximate surface area is 303 Å². The zero-order valence-corrected chi connectivity index (χ0v) is 27.8. The predicted octanol–water partition coefficient (Wildman–Crippen LogP) is -4.95. The Balaban J connectivity index is 1.46. The number of rotatable bonds is 10. The minimum Gasteiger partial charge on any atom is -0.508 e. The third-order valence-corrected chi connectivity index (χ3v) is 9.32. The molecule has 3 fully saturated rings. The van der Waals surface area contributed by atoms with E-state index in [-0.39, 0.29) is 16.9 Å². The quantitative estimate of drug-likeness (QED) is 0.0918. The number of aromatic hydroxyl groups is 2. The summed E-state index contributed by atoms with van der Waals surface area (Å²) in [5.41, 5.74) is -1.39. The van der Waals surface area contributed by atoms with E-state index in [0.717, 1.165) is 12.1 Å². The molecule has 2 unspecified atom stereocenters. The molecule has 0 bridgehead atoms. The minimum absolute atomic E-state index is 0.0723. The number of benzene rings is 2. The first-order chi connectivity index (χ1) is 25.7. The standard InChI is InChI=1S/C33H40O21/c34-7-15-19(39)23(43)26(46)31(50-15)49-14-6-12(38)5-13-18(14)22(42)29(28(48-13)10-1-3-11(37)4-2-10)53-33-30(25(45)21(41)17(9-36)52-33)54-32-27(47)24(44)20(40)16(8-35)51-32/h1-6,15-17,19-21,23-27,30-41,43-47H,7-9H2/t15-,16-,17-,19-,20-,21-,23+,24+,25+,26-,27-,30-,31?,32+,33?/m1/s1. The minimum atomic E-state index is -2.03. The van der Waals surface area contributed by atoms with Crippen LogP contribution in [0.5, 0.6) is 23.0 Å². The Morgan fingerprint density at radius 2 is 1.09 bits per heavy atom. The van der Waals surface area contributed by atoms with Crippen molar-refractivity contribution >= 4 is 11.0 Å². The Morgan fingerprint density at radius 3 is 1.67 bits per heavy atom. The Morgan fingerprint density at radius 1 is 0.574 bits per heavy atom. The van der Waals surface area contributed by atoms with Crippen molar-refractivity contribution in [3.63, 3.8) is 0 Å². The number of hydrogen-bond donors (Lipinski definition) is 13. The van der Waals surface area contributed by atoms with Crippen molar-refractivity contribution in [3.05, 3.63) is 46.6 Å². The largest absolute Gasteiger partial charge is 0.508 e. The maximum absolute atomic E-state index is 14.5. The van der Waals surface area contributed by atoms with Crippen LogP contribution in [-0.4, -0.2) is 178 Å². The SMILES string of the molecule is O=c1c(OC2O[C@H](CO)[C@@H](O)[C@H](O)[C@H]2O[C@@H]2O[C@H](CO)[C@@H](O)[C@H](O)[C@H]2O)c(-c2ccc(O)cc2)oc2cc(O)cc(OC3O[C@H](CO)[C@@H](O)[C@H](O)[C@H]3O)c12. The second kappa shape index (κ2) is 16.2. The number of hydrogen-bond acceptors (Lipinski definition) is 21. The molecule has 3 saturated heterocycles. The van der Waals surface area contributed by atoms with Crippen molar-refractivity contribution in [2.75, 3.05) is 19.8 Å². The van der Waals surface area contributed by atoms with E-state index in [9.17, 15) is 71.2 Å². The fourth-order valence-electron chi connectivity index (χ4n) is 6.29. The maximum atomic E-state index is 14.5. The highest BCUT2D eigenvalue weighted by atomic mass is 16.8. The van der Waals surface area contributed by atoms with Gasteiger partial charge in [-0.25, -0.2) is 0 Å². The highest BCUT2D eigenvalue weighted by Gasteiger charge is 2.52. The van der Waals surface area contributed by atoms with Crippen molar-refractivity contribution in [1.82, 2.24) is 0 Å². The van der Waals surface area contributed by atoms with Crippen LogP contribution in [-0.2, 0) is 18.9 Å². The molecule has 54 heavy (non-hydrogen) atoms. The molecule has 0 radical (unpaired) electrons. The van der Waals surface area contributed by atoms with Crippen molar-refractivity contribution in [1.29, 1.82) is 0 Å². The number of aliphatic hydroxyl groups excluding tert-OH is 11. The summed E-state index contributed by atoms with van der Waals surface area (Å²) >= 11 is 0. The van der Waals surface area contributed by atoms with Crippen LogP contribution in [0.25, 0.3) is 22.3 Å². The third kappa shape index (κ3) is 7.45. The molecule has 3 aliphatic rings. The van der Waals surface area contributed by atoms with Crippen LogP contribution in [0.15, 0.2) is 45.6 Å². The molecular formula is C33H40O21. The van der Waals surface area contributed by atoms with Crippen LogP contribution in [0.1, 0.15) is 0 Å². The van der Waals surface area contributed by atoms with Gasteiger partial charge < -0.3 is 99.2 Å². The lowest BCUT2D eigenvalue weighted by molar-refractivity contribution is -0.358. The van der Waals surface area contributed by atoms with E-state index in [1.54, 1.807) is 0 Å². The molecule has 15 atom stereocenters. The average molecular weight is 773 g/mol. The monoisotopic (exact) mass is 772 g/mol. The number of ether oxygens (including phenoxy) is 6. The van der Waals surface area contributed by atoms with Crippen LogP contribution in [0.2, 0.25) is 0 Å². The fourth-order valence-corrected chi connectivity index (χ4v) is 6.29. The topological polar surface area (TPSA) is 349 Å². The summed E-state index contributed by atoms with van der Waals surface area (Å²) < 4.78 is 39.9. The molecule has 4 heterocycles. The molecule has 3 aromatic rings. The molecule has 298 valence electrons. The number of phenols is 2. The third-order valence-electron chi connectivity index (χ3n) is 9.32. The Hall–Kier alpha value is -3.75. The Bertz CT molecular complexity index is 1800. The van der Waals surface area contributed by atoms with E-state index in [2.05, 4.69) is 0 Å². The van der Waals surface area contributed by atoms with Gasteiger partial charge in [-0.2, -0.15) is 0 Å². The fraction of sp³-hybridized carbons (Fsp3) is 0.545. The van der Waals surface area contributed by atoms with Gasteiger partial charge in [-0.3, -0.25) is 4.79 Å². The smallest absolute Gasteiger partial charge is 0.239 e. The second-order valence-electron chi connectivity index (χ2n) is 12.9. The lowest BCUT2D eigenvalue weighted by Gasteiger charge is -2.45. The highest BCUT2D eigenvalue weighted by Crippen LogP contribution is 2.40. The average Bonchev–Trinajstić information content (AvgIpc) is 3.15. The highest BCUT2D eigenvalue weighted by molar-refractivity contribution is 5.88. The number of fused-ring (bicyclic) bond motifs is 1. The van der Waals surface area contributed by atoms with Crippen LogP contribution in [0, 0.1) is 0 Å². The Kier molecular flexibility index (Phi) is 11.9. The summed E-state index contributed by atoms with van der Waals surface area (Å²) in [6.45, 7) is -2.57. The first kappa shape index (κ1) is 39.9. The van der Waals surface area contributed by atoms with Crippen LogP contribution in [0.4, 0.5) is 0 Å². The zero-order chi connectivity index (χ0) is 39.2. The van der Waals surface area contributed by atoms with Gasteiger partial charge in [0.05, 0.1) is 19.8 Å². The molecular weight excluding hydrogens is 732 g/mol. The van der Waals surface area contributed by atoms with Gasteiger partial charge in [0.15, 0.2) is 18.2 Å². The molecule has 21 heteroatoms. The molecule has 21 nitrogen and oxygen atoms in total. The van der Waals surface area contributed by atoms with E-state index in [4.69, 9.17) is 32.8 Å². The molecule has 6 rings (SSSR count). The van der Waals surface area contributed by atoms with Crippen LogP contribution < -0.4 is 14.9 Å². The van der Waals surface area contributed by atoms with Crippen molar-refractivity contribution < 1.29 is 99.2 Å². The van der Waals surface area contributed by atoms with Gasteiger partial charge in [0.2, 0.25) is 23.8 Å². The molecule has 3 aliphatic heterocycles. The molecule has 0 aliphatic carbocycles. The molecule has 2 aromatic carbocycles. The summed E-state index contributed by atoms with van der Waals surface area (Å²) in [6.07, 6.45) is -27.4. The zero-order valence-electron chi connectivity index (χ0n) is 27.8. The van der Waals surface area contributed by atoms with Gasteiger partial charge in [0, 0.05) is 17.7 Å². The van der Waals surface area contributed by atoms with Crippen LogP contribution >= 0.6 is 0 Å². The summed E-state index contributed by atoms with van der Waals surface area (Å²) in [6, 6.07) is 6.98. The summed E-state index contributed by atoms with van der Waals surface area (Å²) in [5, 5.41) is 133. The summed E-state index contributed by atoms with van der Waals surface area (Å²) in [5.74, 6) is -2.41. The van der Waals surface area contributed by atoms with Gasteiger partial charge >= 0.3 is 0 Å². The number of aliphatic hydroxyl groups is 11. The lowest BCUT2D eigenvalue weighted by Crippen LogP contribution is -2.65. The van der Waals surface area contributed by atoms with Gasteiger partial charge in [-0.1, -0.05) is 0 Å². The molecule has 0 saturated carbocycles. The van der Waals surface area contributed by atoms with Gasteiger partial charge in [-0.15, -0.1) is 0 Å². The predicted molar refractivity (Wildman–Crippen MR) is 173 cm³/mol. The van der Waals surface area contributed by atoms with Gasteiger partial charge in [-0.05, 0) is 24.3 Å². The second-order valence-corrected chi connectivity index (χ2v) is 12.9. The van der Waals surface area contributed by atoms with E-state index < -0.39 is 146 Å². The van der Waals surface area contributed by atoms with E-state index in [1.165, 1.54) is 24.3 Å². The van der Waals surface area contributed by atoms with Crippen molar-refractivity contribution in [2.45, 2.75) is 92.1 Å². The van der Waals surface area contributed by atoms with Gasteiger partial charge in [0.25, 0.3) is 0 Å². The molecule has 13 N–H and O–H groups in total. The molecule has 1 aromatic heterocycles. The molecule has 0 spiro atoms. The summed E-state index contributed by atoms with van der Waals surface area (Å²) in [4.78, 5) is 14.5. The van der Waals surface area contributed by atoms with E-state index in [0.29, 0.717) is 0 Å². The van der Waals surface area contributed by atoms with Gasteiger partial charge in [0.1, 0.15) is 95.4 Å². The molecule has 0 amide bonds. The van der Waals surface area contributed by atoms with E-state index in [1.807, 2.05) is 0 Å². The van der Waals surface area contributed by atoms with Crippen molar-refractivity contribution in [2.24, 2.45) is 0 Å².